The summed E-state index contributed by atoms with van der Waals surface area (Å²) in [7, 11) is 0. The Balaban J connectivity index is 3.50. The fraction of sp³-hybridized carbons (Fsp3) is 0.700. The molecule has 8 nitrogen and oxygen atoms in total. The second-order valence-corrected chi connectivity index (χ2v) is 3.99. The van der Waals surface area contributed by atoms with Gasteiger partial charge in [0.05, 0.1) is 0 Å². The van der Waals surface area contributed by atoms with Crippen LogP contribution in [-0.2, 0) is 14.4 Å². The van der Waals surface area contributed by atoms with Crippen LogP contribution in [0.15, 0.2) is 0 Å². The minimum Gasteiger partial charge on any atom is -0.479 e. The Morgan fingerprint density at radius 1 is 1.22 bits per heavy atom. The summed E-state index contributed by atoms with van der Waals surface area (Å²) < 4.78 is 0. The highest BCUT2D eigenvalue weighted by Gasteiger charge is 2.05. The van der Waals surface area contributed by atoms with Gasteiger partial charge in [0, 0.05) is 19.5 Å². The molecule has 0 unspecified atom stereocenters. The van der Waals surface area contributed by atoms with E-state index in [0.29, 0.717) is 12.5 Å². The number of hydrogen-bond donors (Lipinski definition) is 4. The molecule has 0 aliphatic heterocycles. The number of hydroxylamine groups is 1. The minimum absolute atomic E-state index is 0.145. The van der Waals surface area contributed by atoms with Crippen molar-refractivity contribution in [3.8, 4) is 0 Å². The molecule has 0 aromatic heterocycles. The molecule has 4 N–H and O–H groups in total. The zero-order valence-electron chi connectivity index (χ0n) is 10.5. The van der Waals surface area contributed by atoms with Crippen LogP contribution >= 0.6 is 0 Å². The molecule has 0 fully saturated rings. The van der Waals surface area contributed by atoms with Crippen LogP contribution in [0.2, 0.25) is 0 Å². The highest BCUT2D eigenvalue weighted by atomic mass is 16.7. The molecule has 0 bridgehead atoms. The van der Waals surface area contributed by atoms with Gasteiger partial charge in [-0.25, -0.2) is 15.1 Å². The number of carboxylic acid groups (broad SMARTS) is 1. The first-order valence-electron chi connectivity index (χ1n) is 5.56. The number of aliphatic carboxylic acids is 1. The highest BCUT2D eigenvalue weighted by molar-refractivity contribution is 5.77. The van der Waals surface area contributed by atoms with Crippen molar-refractivity contribution in [2.75, 3.05) is 19.7 Å². The summed E-state index contributed by atoms with van der Waals surface area (Å²) in [5.41, 5.74) is 1.88. The van der Waals surface area contributed by atoms with Crippen molar-refractivity contribution in [1.82, 2.24) is 16.1 Å². The summed E-state index contributed by atoms with van der Waals surface area (Å²) in [6.45, 7) is 4.07. The van der Waals surface area contributed by atoms with Crippen molar-refractivity contribution in [2.45, 2.75) is 20.3 Å². The molecule has 0 radical (unpaired) electrons. The molecule has 18 heavy (non-hydrogen) atoms. The van der Waals surface area contributed by atoms with Crippen molar-refractivity contribution >= 4 is 17.9 Å². The average molecular weight is 261 g/mol. The van der Waals surface area contributed by atoms with Gasteiger partial charge in [0.2, 0.25) is 5.91 Å². The van der Waals surface area contributed by atoms with Gasteiger partial charge in [0.1, 0.15) is 0 Å². The van der Waals surface area contributed by atoms with Crippen molar-refractivity contribution < 1.29 is 24.3 Å². The molecule has 0 atom stereocenters. The van der Waals surface area contributed by atoms with Gasteiger partial charge in [0.25, 0.3) is 0 Å². The van der Waals surface area contributed by atoms with Crippen molar-refractivity contribution in [3.63, 3.8) is 0 Å². The smallest absolute Gasteiger partial charge is 0.338 e. The lowest BCUT2D eigenvalue weighted by atomic mass is 10.2. The second kappa shape index (κ2) is 9.23. The van der Waals surface area contributed by atoms with Gasteiger partial charge in [-0.1, -0.05) is 13.8 Å². The Morgan fingerprint density at radius 3 is 2.44 bits per heavy atom. The number of carbonyl (C=O) groups excluding carboxylic acids is 2. The fourth-order valence-electron chi connectivity index (χ4n) is 0.895. The second-order valence-electron chi connectivity index (χ2n) is 3.99. The average Bonchev–Trinajstić information content (AvgIpc) is 2.25. The van der Waals surface area contributed by atoms with E-state index in [9.17, 15) is 14.4 Å². The third-order valence-corrected chi connectivity index (χ3v) is 1.71. The van der Waals surface area contributed by atoms with E-state index in [1.54, 1.807) is 0 Å². The quantitative estimate of drug-likeness (QED) is 0.438. The molecular formula is C10H19N3O5. The highest BCUT2D eigenvalue weighted by Crippen LogP contribution is 1.87. The molecular weight excluding hydrogens is 242 g/mol. The number of amides is 3. The van der Waals surface area contributed by atoms with Crippen LogP contribution < -0.4 is 16.1 Å². The van der Waals surface area contributed by atoms with Gasteiger partial charge in [-0.2, -0.15) is 0 Å². The Labute approximate surface area is 105 Å². The topological polar surface area (TPSA) is 117 Å². The van der Waals surface area contributed by atoms with E-state index in [1.807, 2.05) is 19.3 Å². The van der Waals surface area contributed by atoms with Crippen LogP contribution in [0.4, 0.5) is 4.79 Å². The zero-order chi connectivity index (χ0) is 14.0. The van der Waals surface area contributed by atoms with Crippen LogP contribution in [-0.4, -0.2) is 42.7 Å². The van der Waals surface area contributed by atoms with E-state index in [2.05, 4.69) is 15.5 Å². The van der Waals surface area contributed by atoms with E-state index in [-0.39, 0.29) is 18.9 Å². The molecule has 0 aromatic carbocycles. The molecule has 104 valence electrons. The van der Waals surface area contributed by atoms with E-state index in [4.69, 9.17) is 5.11 Å². The van der Waals surface area contributed by atoms with E-state index < -0.39 is 18.6 Å². The van der Waals surface area contributed by atoms with Crippen molar-refractivity contribution in [3.05, 3.63) is 0 Å². The zero-order valence-corrected chi connectivity index (χ0v) is 10.5. The lowest BCUT2D eigenvalue weighted by Crippen LogP contribution is -2.39. The lowest BCUT2D eigenvalue weighted by Gasteiger charge is -2.08. The van der Waals surface area contributed by atoms with Crippen LogP contribution in [0.1, 0.15) is 20.3 Å². The summed E-state index contributed by atoms with van der Waals surface area (Å²) in [6, 6.07) is -0.687. The Morgan fingerprint density at radius 2 is 1.89 bits per heavy atom. The Kier molecular flexibility index (Phi) is 8.29. The number of nitrogens with one attached hydrogen (secondary N) is 3. The molecule has 0 heterocycles. The normalized spacial score (nSPS) is 9.94. The van der Waals surface area contributed by atoms with Gasteiger partial charge in [-0.3, -0.25) is 9.63 Å². The monoisotopic (exact) mass is 261 g/mol. The molecule has 0 aliphatic rings. The van der Waals surface area contributed by atoms with Crippen molar-refractivity contribution in [2.24, 2.45) is 5.92 Å². The fourth-order valence-corrected chi connectivity index (χ4v) is 0.895. The van der Waals surface area contributed by atoms with Crippen LogP contribution in [0, 0.1) is 5.92 Å². The summed E-state index contributed by atoms with van der Waals surface area (Å²) in [5, 5.41) is 13.3. The van der Waals surface area contributed by atoms with Gasteiger partial charge >= 0.3 is 12.0 Å². The molecule has 8 heteroatoms. The lowest BCUT2D eigenvalue weighted by molar-refractivity contribution is -0.144. The first-order valence-corrected chi connectivity index (χ1v) is 5.56. The molecule has 0 aliphatic carbocycles. The van der Waals surface area contributed by atoms with Gasteiger partial charge < -0.3 is 15.7 Å². The maximum absolute atomic E-state index is 11.2. The Hall–Kier alpha value is -1.83. The molecule has 0 saturated carbocycles. The standard InChI is InChI=1S/C10H19N3O5/c1-7(2)5-12-8(14)3-4-11-10(17)13-18-6-9(15)16/h7H,3-6H2,1-2H3,(H,12,14)(H,15,16)(H2,11,13,17). The molecule has 0 saturated heterocycles. The van der Waals surface area contributed by atoms with E-state index in [0.717, 1.165) is 0 Å². The predicted molar refractivity (Wildman–Crippen MR) is 62.6 cm³/mol. The minimum atomic E-state index is -1.19. The third-order valence-electron chi connectivity index (χ3n) is 1.71. The summed E-state index contributed by atoms with van der Waals surface area (Å²) >= 11 is 0. The first kappa shape index (κ1) is 16.2. The number of urea groups is 1. The Bertz CT molecular complexity index is 293. The van der Waals surface area contributed by atoms with Gasteiger partial charge in [-0.05, 0) is 5.92 Å². The third kappa shape index (κ3) is 10.7. The van der Waals surface area contributed by atoms with Crippen molar-refractivity contribution in [1.29, 1.82) is 0 Å². The van der Waals surface area contributed by atoms with Gasteiger partial charge in [-0.15, -0.1) is 0 Å². The predicted octanol–water partition coefficient (Wildman–Crippen LogP) is -0.536. The van der Waals surface area contributed by atoms with Crippen LogP contribution in [0.3, 0.4) is 0 Å². The number of carbonyl (C=O) groups is 3. The molecule has 3 amide bonds. The SMILES string of the molecule is CC(C)CNC(=O)CCNC(=O)NOCC(=O)O. The van der Waals surface area contributed by atoms with E-state index in [1.165, 1.54) is 0 Å². The summed E-state index contributed by atoms with van der Waals surface area (Å²) in [6.07, 6.45) is 0.152. The van der Waals surface area contributed by atoms with Crippen LogP contribution in [0.5, 0.6) is 0 Å². The molecule has 0 aromatic rings. The van der Waals surface area contributed by atoms with Gasteiger partial charge in [0.15, 0.2) is 6.61 Å². The van der Waals surface area contributed by atoms with E-state index >= 15 is 0 Å². The number of rotatable bonds is 8. The maximum atomic E-state index is 11.2. The maximum Gasteiger partial charge on any atom is 0.338 e. The number of carboxylic acids is 1. The first-order chi connectivity index (χ1) is 8.41. The van der Waals surface area contributed by atoms with Crippen LogP contribution in [0.25, 0.3) is 0 Å². The summed E-state index contributed by atoms with van der Waals surface area (Å²) in [4.78, 5) is 36.6. The molecule has 0 spiro atoms. The molecule has 0 rings (SSSR count). The largest absolute Gasteiger partial charge is 0.479 e. The number of hydrogen-bond acceptors (Lipinski definition) is 4. The summed E-state index contributed by atoms with van der Waals surface area (Å²) in [5.74, 6) is -0.978.